The fraction of sp³-hybridized carbons (Fsp3) is 0.476. The predicted molar refractivity (Wildman–Crippen MR) is 106 cm³/mol. The van der Waals surface area contributed by atoms with Crippen LogP contribution in [0, 0.1) is 5.92 Å². The minimum atomic E-state index is -0.295. The number of rotatable bonds is 7. The molecule has 1 aromatic carbocycles. The molecule has 1 aliphatic rings. The Balaban J connectivity index is 1.39. The molecule has 1 N–H and O–H groups in total. The molecule has 0 bridgehead atoms. The van der Waals surface area contributed by atoms with E-state index in [1.165, 1.54) is 12.4 Å². The van der Waals surface area contributed by atoms with Gasteiger partial charge in [0.2, 0.25) is 0 Å². The van der Waals surface area contributed by atoms with E-state index in [0.717, 1.165) is 50.1 Å². The van der Waals surface area contributed by atoms with Gasteiger partial charge in [-0.3, -0.25) is 9.59 Å². The molecule has 0 unspecified atom stereocenters. The Morgan fingerprint density at radius 3 is 2.74 bits per heavy atom. The van der Waals surface area contributed by atoms with Crippen molar-refractivity contribution in [3.8, 4) is 0 Å². The predicted octanol–water partition coefficient (Wildman–Crippen LogP) is 2.91. The quantitative estimate of drug-likeness (QED) is 0.760. The van der Waals surface area contributed by atoms with E-state index < -0.39 is 0 Å². The van der Waals surface area contributed by atoms with Crippen LogP contribution in [-0.4, -0.2) is 43.6 Å². The summed E-state index contributed by atoms with van der Waals surface area (Å²) in [6.45, 7) is 1.81. The van der Waals surface area contributed by atoms with Crippen LogP contribution in [0.1, 0.15) is 32.1 Å². The number of esters is 1. The number of carbonyl (C=O) groups is 2. The molecule has 1 amide bonds. The van der Waals surface area contributed by atoms with Gasteiger partial charge in [0.15, 0.2) is 6.61 Å². The molecule has 1 fully saturated rings. The number of ether oxygens (including phenoxy) is 1. The molecule has 1 saturated heterocycles. The van der Waals surface area contributed by atoms with Gasteiger partial charge in [0.25, 0.3) is 5.91 Å². The molecule has 0 saturated carbocycles. The summed E-state index contributed by atoms with van der Waals surface area (Å²) in [5, 5.41) is 3.60. The monoisotopic (exact) mass is 369 g/mol. The molecule has 27 heavy (non-hydrogen) atoms. The fourth-order valence-corrected chi connectivity index (χ4v) is 3.51. The number of fused-ring (bicyclic) bond motifs is 1. The highest BCUT2D eigenvalue weighted by molar-refractivity contribution is 5.80. The Bertz CT molecular complexity index is 785. The second kappa shape index (κ2) is 9.35. The van der Waals surface area contributed by atoms with E-state index in [0.29, 0.717) is 12.3 Å². The summed E-state index contributed by atoms with van der Waals surface area (Å²) in [7, 11) is 1.52. The van der Waals surface area contributed by atoms with Gasteiger partial charge in [0.1, 0.15) is 5.82 Å². The number of hydrogen-bond donors (Lipinski definition) is 1. The van der Waals surface area contributed by atoms with Gasteiger partial charge in [0.05, 0.1) is 5.52 Å². The smallest absolute Gasteiger partial charge is 0.306 e. The lowest BCUT2D eigenvalue weighted by Gasteiger charge is -2.33. The average Bonchev–Trinajstić information content (AvgIpc) is 2.72. The van der Waals surface area contributed by atoms with Crippen LogP contribution in [-0.2, 0) is 14.3 Å². The maximum atomic E-state index is 11.6. The normalized spacial score (nSPS) is 14.9. The summed E-state index contributed by atoms with van der Waals surface area (Å²) in [5.74, 6) is 1.10. The van der Waals surface area contributed by atoms with Gasteiger partial charge in [0, 0.05) is 31.9 Å². The van der Waals surface area contributed by atoms with E-state index in [-0.39, 0.29) is 18.5 Å². The SMILES string of the molecule is CNC(=O)COC(=O)CCCC1CCN(c2ccc3ccccc3n2)CC1. The zero-order valence-corrected chi connectivity index (χ0v) is 15.8. The van der Waals surface area contributed by atoms with Crippen LogP contribution in [0.2, 0.25) is 0 Å². The van der Waals surface area contributed by atoms with E-state index in [2.05, 4.69) is 34.5 Å². The van der Waals surface area contributed by atoms with E-state index in [4.69, 9.17) is 9.72 Å². The van der Waals surface area contributed by atoms with Gasteiger partial charge >= 0.3 is 5.97 Å². The van der Waals surface area contributed by atoms with Crippen LogP contribution in [0.3, 0.4) is 0 Å². The highest BCUT2D eigenvalue weighted by Crippen LogP contribution is 2.26. The van der Waals surface area contributed by atoms with Crippen molar-refractivity contribution in [3.05, 3.63) is 36.4 Å². The van der Waals surface area contributed by atoms with Crippen LogP contribution < -0.4 is 10.2 Å². The topological polar surface area (TPSA) is 71.5 Å². The lowest BCUT2D eigenvalue weighted by Crippen LogP contribution is -2.34. The van der Waals surface area contributed by atoms with Crippen LogP contribution in [0.15, 0.2) is 36.4 Å². The highest BCUT2D eigenvalue weighted by Gasteiger charge is 2.20. The second-order valence-electron chi connectivity index (χ2n) is 7.02. The highest BCUT2D eigenvalue weighted by atomic mass is 16.5. The Labute approximate surface area is 159 Å². The van der Waals surface area contributed by atoms with E-state index in [1.54, 1.807) is 0 Å². The molecule has 1 aromatic heterocycles. The number of amides is 1. The maximum Gasteiger partial charge on any atom is 0.306 e. The summed E-state index contributed by atoms with van der Waals surface area (Å²) in [4.78, 5) is 29.8. The largest absolute Gasteiger partial charge is 0.456 e. The first-order valence-electron chi connectivity index (χ1n) is 9.62. The molecule has 6 nitrogen and oxygen atoms in total. The van der Waals surface area contributed by atoms with Gasteiger partial charge in [-0.1, -0.05) is 18.2 Å². The third kappa shape index (κ3) is 5.42. The van der Waals surface area contributed by atoms with E-state index >= 15 is 0 Å². The lowest BCUT2D eigenvalue weighted by molar-refractivity contribution is -0.148. The molecule has 0 atom stereocenters. The maximum absolute atomic E-state index is 11.6. The summed E-state index contributed by atoms with van der Waals surface area (Å²) in [6.07, 6.45) is 4.44. The van der Waals surface area contributed by atoms with Crippen molar-refractivity contribution in [2.45, 2.75) is 32.1 Å². The zero-order valence-electron chi connectivity index (χ0n) is 15.8. The van der Waals surface area contributed by atoms with Crippen molar-refractivity contribution in [2.75, 3.05) is 31.6 Å². The number of pyridine rings is 1. The van der Waals surface area contributed by atoms with Gasteiger partial charge in [-0.15, -0.1) is 0 Å². The second-order valence-corrected chi connectivity index (χ2v) is 7.02. The fourth-order valence-electron chi connectivity index (χ4n) is 3.51. The number of piperidine rings is 1. The molecule has 3 rings (SSSR count). The van der Waals surface area contributed by atoms with Crippen LogP contribution in [0.25, 0.3) is 10.9 Å². The Morgan fingerprint density at radius 2 is 1.96 bits per heavy atom. The number of likely N-dealkylation sites (N-methyl/N-ethyl adjacent to an activating group) is 1. The number of nitrogens with zero attached hydrogens (tertiary/aromatic N) is 2. The van der Waals surface area contributed by atoms with Gasteiger partial charge < -0.3 is 15.0 Å². The van der Waals surface area contributed by atoms with E-state index in [9.17, 15) is 9.59 Å². The van der Waals surface area contributed by atoms with Crippen molar-refractivity contribution in [1.82, 2.24) is 10.3 Å². The molecule has 0 spiro atoms. The van der Waals surface area contributed by atoms with Crippen LogP contribution in [0.4, 0.5) is 5.82 Å². The molecule has 6 heteroatoms. The van der Waals surface area contributed by atoms with Crippen molar-refractivity contribution in [3.63, 3.8) is 0 Å². The van der Waals surface area contributed by atoms with Crippen LogP contribution in [0.5, 0.6) is 0 Å². The minimum Gasteiger partial charge on any atom is -0.456 e. The van der Waals surface area contributed by atoms with Gasteiger partial charge in [-0.05, 0) is 49.8 Å². The van der Waals surface area contributed by atoms with Crippen LogP contribution >= 0.6 is 0 Å². The summed E-state index contributed by atoms with van der Waals surface area (Å²) in [5.41, 5.74) is 1.03. The number of para-hydroxylation sites is 1. The summed E-state index contributed by atoms with van der Waals surface area (Å²) < 4.78 is 4.93. The number of nitrogens with one attached hydrogen (secondary N) is 1. The first kappa shape index (κ1) is 19.1. The molecule has 2 aromatic rings. The molecular weight excluding hydrogens is 342 g/mol. The number of aromatic nitrogens is 1. The Kier molecular flexibility index (Phi) is 6.63. The van der Waals surface area contributed by atoms with Gasteiger partial charge in [-0.25, -0.2) is 4.98 Å². The molecule has 2 heterocycles. The molecule has 0 aliphatic carbocycles. The molecule has 1 aliphatic heterocycles. The first-order chi connectivity index (χ1) is 13.2. The number of benzene rings is 1. The number of hydrogen-bond acceptors (Lipinski definition) is 5. The van der Waals surface area contributed by atoms with Crippen molar-refractivity contribution < 1.29 is 14.3 Å². The molecule has 0 radical (unpaired) electrons. The molecule has 144 valence electrons. The third-order valence-electron chi connectivity index (χ3n) is 5.16. The average molecular weight is 369 g/mol. The third-order valence-corrected chi connectivity index (χ3v) is 5.16. The Morgan fingerprint density at radius 1 is 1.19 bits per heavy atom. The van der Waals surface area contributed by atoms with Gasteiger partial charge in [-0.2, -0.15) is 0 Å². The Hall–Kier alpha value is -2.63. The van der Waals surface area contributed by atoms with E-state index in [1.807, 2.05) is 12.1 Å². The van der Waals surface area contributed by atoms with Crippen molar-refractivity contribution >= 4 is 28.6 Å². The minimum absolute atomic E-state index is 0.188. The standard InChI is InChI=1S/C21H27N3O3/c1-22-20(25)15-27-21(26)8-4-5-16-11-13-24(14-12-16)19-10-9-17-6-2-3-7-18(17)23-19/h2-3,6-7,9-10,16H,4-5,8,11-15H2,1H3,(H,22,25). The van der Waals surface area contributed by atoms with Crippen molar-refractivity contribution in [2.24, 2.45) is 5.92 Å². The number of carbonyl (C=O) groups excluding carboxylic acids is 2. The van der Waals surface area contributed by atoms with Crippen molar-refractivity contribution in [1.29, 1.82) is 0 Å². The molecular formula is C21H27N3O3. The first-order valence-corrected chi connectivity index (χ1v) is 9.62. The summed E-state index contributed by atoms with van der Waals surface area (Å²) in [6, 6.07) is 12.4. The lowest BCUT2D eigenvalue weighted by atomic mass is 9.91. The zero-order chi connectivity index (χ0) is 19.1. The summed E-state index contributed by atoms with van der Waals surface area (Å²) >= 11 is 0. The number of anilines is 1.